The lowest BCUT2D eigenvalue weighted by Gasteiger charge is -2.32. The van der Waals surface area contributed by atoms with Crippen molar-refractivity contribution in [1.29, 1.82) is 0 Å². The summed E-state index contributed by atoms with van der Waals surface area (Å²) < 4.78 is 5.30. The van der Waals surface area contributed by atoms with Crippen LogP contribution in [0.25, 0.3) is 0 Å². The minimum absolute atomic E-state index is 0.194. The lowest BCUT2D eigenvalue weighted by Crippen LogP contribution is -2.50. The molecule has 5 nitrogen and oxygen atoms in total. The van der Waals surface area contributed by atoms with Gasteiger partial charge in [-0.05, 0) is 26.1 Å². The van der Waals surface area contributed by atoms with Crippen LogP contribution in [0.4, 0.5) is 0 Å². The number of nitrogens with zero attached hydrogens (tertiary/aromatic N) is 2. The molecule has 1 aromatic rings. The van der Waals surface area contributed by atoms with Crippen LogP contribution in [0, 0.1) is 0 Å². The summed E-state index contributed by atoms with van der Waals surface area (Å²) in [5.74, 6) is 1.14. The molecule has 2 heterocycles. The highest BCUT2D eigenvalue weighted by molar-refractivity contribution is 5.78. The van der Waals surface area contributed by atoms with Gasteiger partial charge in [-0.25, -0.2) is 0 Å². The molecule has 1 unspecified atom stereocenters. The van der Waals surface area contributed by atoms with Gasteiger partial charge in [0.05, 0.1) is 12.8 Å². The molecule has 0 aliphatic carbocycles. The molecule has 1 N–H and O–H groups in total. The Kier molecular flexibility index (Phi) is 4.99. The normalized spacial score (nSPS) is 18.5. The Labute approximate surface area is 114 Å². The average molecular weight is 265 g/mol. The SMILES string of the molecule is CC(Cc1ccco1)NCC(=O)N1CCN(C)CC1. The molecule has 1 saturated heterocycles. The zero-order valence-electron chi connectivity index (χ0n) is 11.8. The minimum atomic E-state index is 0.194. The average Bonchev–Trinajstić information content (AvgIpc) is 2.89. The van der Waals surface area contributed by atoms with Crippen LogP contribution >= 0.6 is 0 Å². The Morgan fingerprint density at radius 3 is 2.79 bits per heavy atom. The predicted molar refractivity (Wildman–Crippen MR) is 74.0 cm³/mol. The van der Waals surface area contributed by atoms with Crippen molar-refractivity contribution in [1.82, 2.24) is 15.1 Å². The minimum Gasteiger partial charge on any atom is -0.469 e. The van der Waals surface area contributed by atoms with Gasteiger partial charge in [0.1, 0.15) is 5.76 Å². The fraction of sp³-hybridized carbons (Fsp3) is 0.643. The van der Waals surface area contributed by atoms with Crippen LogP contribution in [0.3, 0.4) is 0 Å². The van der Waals surface area contributed by atoms with Crippen LogP contribution in [0.1, 0.15) is 12.7 Å². The highest BCUT2D eigenvalue weighted by atomic mass is 16.3. The van der Waals surface area contributed by atoms with E-state index in [1.54, 1.807) is 6.26 Å². The van der Waals surface area contributed by atoms with Crippen molar-refractivity contribution in [3.8, 4) is 0 Å². The molecule has 0 aromatic carbocycles. The van der Waals surface area contributed by atoms with E-state index >= 15 is 0 Å². The van der Waals surface area contributed by atoms with Gasteiger partial charge in [-0.2, -0.15) is 0 Å². The number of carbonyl (C=O) groups excluding carboxylic acids is 1. The van der Waals surface area contributed by atoms with Gasteiger partial charge >= 0.3 is 0 Å². The number of nitrogens with one attached hydrogen (secondary N) is 1. The molecule has 0 bridgehead atoms. The smallest absolute Gasteiger partial charge is 0.236 e. The second-order valence-electron chi connectivity index (χ2n) is 5.25. The third kappa shape index (κ3) is 4.36. The highest BCUT2D eigenvalue weighted by Crippen LogP contribution is 2.04. The third-order valence-electron chi connectivity index (χ3n) is 3.55. The Morgan fingerprint density at radius 1 is 1.42 bits per heavy atom. The first-order valence-corrected chi connectivity index (χ1v) is 6.87. The first-order chi connectivity index (χ1) is 9.15. The first-order valence-electron chi connectivity index (χ1n) is 6.87. The Bertz CT molecular complexity index is 383. The lowest BCUT2D eigenvalue weighted by molar-refractivity contribution is -0.131. The van der Waals surface area contributed by atoms with Gasteiger partial charge in [0.15, 0.2) is 0 Å². The van der Waals surface area contributed by atoms with E-state index in [1.165, 1.54) is 0 Å². The number of piperazine rings is 1. The second-order valence-corrected chi connectivity index (χ2v) is 5.25. The van der Waals surface area contributed by atoms with Gasteiger partial charge in [0, 0.05) is 38.6 Å². The molecule has 1 aliphatic rings. The topological polar surface area (TPSA) is 48.7 Å². The summed E-state index contributed by atoms with van der Waals surface area (Å²) in [6.45, 7) is 6.08. The Morgan fingerprint density at radius 2 is 2.16 bits per heavy atom. The maximum atomic E-state index is 12.0. The van der Waals surface area contributed by atoms with Crippen molar-refractivity contribution < 1.29 is 9.21 Å². The largest absolute Gasteiger partial charge is 0.469 e. The van der Waals surface area contributed by atoms with Gasteiger partial charge < -0.3 is 19.5 Å². The summed E-state index contributed by atoms with van der Waals surface area (Å²) >= 11 is 0. The lowest BCUT2D eigenvalue weighted by atomic mass is 10.2. The van der Waals surface area contributed by atoms with Gasteiger partial charge in [0.2, 0.25) is 5.91 Å². The van der Waals surface area contributed by atoms with Crippen molar-refractivity contribution >= 4 is 5.91 Å². The fourth-order valence-electron chi connectivity index (χ4n) is 2.23. The summed E-state index contributed by atoms with van der Waals surface area (Å²) in [5, 5.41) is 3.26. The van der Waals surface area contributed by atoms with Gasteiger partial charge in [-0.1, -0.05) is 0 Å². The van der Waals surface area contributed by atoms with E-state index in [0.717, 1.165) is 38.4 Å². The molecule has 1 atom stereocenters. The Balaban J connectivity index is 1.68. The van der Waals surface area contributed by atoms with Gasteiger partial charge in [0.25, 0.3) is 0 Å². The molecule has 2 rings (SSSR count). The summed E-state index contributed by atoms with van der Waals surface area (Å²) in [4.78, 5) is 16.2. The van der Waals surface area contributed by atoms with Crippen molar-refractivity contribution in [2.24, 2.45) is 0 Å². The number of amides is 1. The number of rotatable bonds is 5. The van der Waals surface area contributed by atoms with Crippen LogP contribution in [-0.2, 0) is 11.2 Å². The molecule has 0 spiro atoms. The summed E-state index contributed by atoms with van der Waals surface area (Å²) in [6.07, 6.45) is 2.49. The molecule has 1 amide bonds. The van der Waals surface area contributed by atoms with Crippen LogP contribution < -0.4 is 5.32 Å². The molecule has 0 radical (unpaired) electrons. The standard InChI is InChI=1S/C14H23N3O2/c1-12(10-13-4-3-9-19-13)15-11-14(18)17-7-5-16(2)6-8-17/h3-4,9,12,15H,5-8,10-11H2,1-2H3. The van der Waals surface area contributed by atoms with Crippen LogP contribution in [0.2, 0.25) is 0 Å². The summed E-state index contributed by atoms with van der Waals surface area (Å²) in [5.41, 5.74) is 0. The fourth-order valence-corrected chi connectivity index (χ4v) is 2.23. The van der Waals surface area contributed by atoms with E-state index in [-0.39, 0.29) is 11.9 Å². The van der Waals surface area contributed by atoms with E-state index in [1.807, 2.05) is 17.0 Å². The van der Waals surface area contributed by atoms with Crippen LogP contribution in [0.15, 0.2) is 22.8 Å². The highest BCUT2D eigenvalue weighted by Gasteiger charge is 2.19. The molecule has 1 aromatic heterocycles. The third-order valence-corrected chi connectivity index (χ3v) is 3.55. The summed E-state index contributed by atoms with van der Waals surface area (Å²) in [7, 11) is 2.09. The first kappa shape index (κ1) is 14.1. The summed E-state index contributed by atoms with van der Waals surface area (Å²) in [6, 6.07) is 4.08. The van der Waals surface area contributed by atoms with E-state index in [9.17, 15) is 4.79 Å². The molecule has 106 valence electrons. The molecule has 0 saturated carbocycles. The van der Waals surface area contributed by atoms with E-state index in [4.69, 9.17) is 4.42 Å². The zero-order valence-corrected chi connectivity index (χ0v) is 11.8. The predicted octanol–water partition coefficient (Wildman–Crippen LogP) is 0.574. The van der Waals surface area contributed by atoms with Gasteiger partial charge in [-0.15, -0.1) is 0 Å². The monoisotopic (exact) mass is 265 g/mol. The molecule has 19 heavy (non-hydrogen) atoms. The van der Waals surface area contributed by atoms with Crippen molar-refractivity contribution in [3.05, 3.63) is 24.2 Å². The van der Waals surface area contributed by atoms with Crippen LogP contribution in [0.5, 0.6) is 0 Å². The van der Waals surface area contributed by atoms with Crippen molar-refractivity contribution in [2.45, 2.75) is 19.4 Å². The molecule has 5 heteroatoms. The second kappa shape index (κ2) is 6.73. The molecule has 1 aliphatic heterocycles. The number of likely N-dealkylation sites (N-methyl/N-ethyl adjacent to an activating group) is 1. The van der Waals surface area contributed by atoms with E-state index < -0.39 is 0 Å². The van der Waals surface area contributed by atoms with Crippen LogP contribution in [-0.4, -0.2) is 61.5 Å². The number of carbonyl (C=O) groups is 1. The van der Waals surface area contributed by atoms with Crippen molar-refractivity contribution in [2.75, 3.05) is 39.8 Å². The quantitative estimate of drug-likeness (QED) is 0.846. The van der Waals surface area contributed by atoms with E-state index in [0.29, 0.717) is 6.54 Å². The Hall–Kier alpha value is -1.33. The molecular weight excluding hydrogens is 242 g/mol. The number of hydrogen-bond acceptors (Lipinski definition) is 4. The number of furan rings is 1. The molecule has 1 fully saturated rings. The maximum Gasteiger partial charge on any atom is 0.236 e. The number of hydrogen-bond donors (Lipinski definition) is 1. The van der Waals surface area contributed by atoms with Crippen molar-refractivity contribution in [3.63, 3.8) is 0 Å². The van der Waals surface area contributed by atoms with E-state index in [2.05, 4.69) is 24.2 Å². The molecular formula is C14H23N3O2. The van der Waals surface area contributed by atoms with Gasteiger partial charge in [-0.3, -0.25) is 4.79 Å². The zero-order chi connectivity index (χ0) is 13.7. The maximum absolute atomic E-state index is 12.0.